The van der Waals surface area contributed by atoms with Crippen molar-refractivity contribution in [3.63, 3.8) is 0 Å². The van der Waals surface area contributed by atoms with Crippen molar-refractivity contribution in [2.75, 3.05) is 13.7 Å². The van der Waals surface area contributed by atoms with Crippen LogP contribution < -0.4 is 5.32 Å². The van der Waals surface area contributed by atoms with Gasteiger partial charge in [-0.05, 0) is 60.9 Å². The quantitative estimate of drug-likeness (QED) is 0.837. The molecular formula is C17H33NO2. The average Bonchev–Trinajstić information content (AvgIpc) is 2.84. The molecule has 0 aromatic heterocycles. The maximum atomic E-state index is 6.32. The minimum Gasteiger partial charge on any atom is -0.374 e. The molecule has 20 heavy (non-hydrogen) atoms. The molecule has 0 radical (unpaired) electrons. The van der Waals surface area contributed by atoms with E-state index in [2.05, 4.69) is 47.0 Å². The fourth-order valence-electron chi connectivity index (χ4n) is 4.76. The first-order chi connectivity index (χ1) is 9.26. The van der Waals surface area contributed by atoms with Crippen LogP contribution in [0.1, 0.15) is 66.7 Å². The first-order valence-electron chi connectivity index (χ1n) is 8.28. The van der Waals surface area contributed by atoms with Gasteiger partial charge >= 0.3 is 0 Å². The van der Waals surface area contributed by atoms with Crippen LogP contribution in [0, 0.1) is 5.92 Å². The third-order valence-electron chi connectivity index (χ3n) is 5.31. The van der Waals surface area contributed by atoms with Crippen LogP contribution in [-0.2, 0) is 9.47 Å². The monoisotopic (exact) mass is 283 g/mol. The first kappa shape index (κ1) is 16.3. The molecular weight excluding hydrogens is 250 g/mol. The lowest BCUT2D eigenvalue weighted by Crippen LogP contribution is -2.57. The van der Waals surface area contributed by atoms with Crippen LogP contribution in [0.4, 0.5) is 0 Å². The fourth-order valence-corrected chi connectivity index (χ4v) is 4.76. The fraction of sp³-hybridized carbons (Fsp3) is 1.00. The molecule has 2 atom stereocenters. The Morgan fingerprint density at radius 2 is 1.80 bits per heavy atom. The molecule has 0 spiro atoms. The Labute approximate surface area is 124 Å². The van der Waals surface area contributed by atoms with Gasteiger partial charge in [0.25, 0.3) is 0 Å². The van der Waals surface area contributed by atoms with Crippen LogP contribution in [-0.4, -0.2) is 36.5 Å². The van der Waals surface area contributed by atoms with Gasteiger partial charge in [0.15, 0.2) is 0 Å². The Morgan fingerprint density at radius 1 is 1.20 bits per heavy atom. The average molecular weight is 283 g/mol. The van der Waals surface area contributed by atoms with Crippen molar-refractivity contribution in [1.29, 1.82) is 0 Å². The second kappa shape index (κ2) is 5.58. The molecule has 1 saturated heterocycles. The summed E-state index contributed by atoms with van der Waals surface area (Å²) in [6, 6.07) is 0.377. The van der Waals surface area contributed by atoms with Gasteiger partial charge in [0.2, 0.25) is 0 Å². The van der Waals surface area contributed by atoms with Gasteiger partial charge in [-0.25, -0.2) is 0 Å². The lowest BCUT2D eigenvalue weighted by Gasteiger charge is -2.44. The highest BCUT2D eigenvalue weighted by atomic mass is 16.5. The molecule has 0 aromatic carbocycles. The van der Waals surface area contributed by atoms with E-state index in [4.69, 9.17) is 9.47 Å². The summed E-state index contributed by atoms with van der Waals surface area (Å²) >= 11 is 0. The molecule has 1 N–H and O–H groups in total. The second-order valence-electron chi connectivity index (χ2n) is 7.75. The zero-order chi connectivity index (χ0) is 15.0. The van der Waals surface area contributed by atoms with Gasteiger partial charge in [-0.3, -0.25) is 0 Å². The summed E-state index contributed by atoms with van der Waals surface area (Å²) in [5, 5.41) is 3.60. The topological polar surface area (TPSA) is 30.5 Å². The Bertz CT molecular complexity index is 332. The highest BCUT2D eigenvalue weighted by molar-refractivity contribution is 5.08. The van der Waals surface area contributed by atoms with Crippen molar-refractivity contribution in [2.24, 2.45) is 5.92 Å². The van der Waals surface area contributed by atoms with Crippen LogP contribution in [0.25, 0.3) is 0 Å². The van der Waals surface area contributed by atoms with Crippen molar-refractivity contribution < 1.29 is 9.47 Å². The van der Waals surface area contributed by atoms with E-state index in [0.717, 1.165) is 13.0 Å². The van der Waals surface area contributed by atoms with Gasteiger partial charge in [0.1, 0.15) is 0 Å². The Kier molecular flexibility index (Phi) is 4.54. The highest BCUT2D eigenvalue weighted by Gasteiger charge is 2.55. The molecule has 3 heteroatoms. The number of nitrogens with one attached hydrogen (secondary N) is 1. The molecule has 2 rings (SSSR count). The van der Waals surface area contributed by atoms with Crippen LogP contribution in [0.2, 0.25) is 0 Å². The highest BCUT2D eigenvalue weighted by Crippen LogP contribution is 2.49. The summed E-state index contributed by atoms with van der Waals surface area (Å²) in [4.78, 5) is 0. The molecule has 0 amide bonds. The molecule has 2 aliphatic rings. The predicted octanol–water partition coefficient (Wildman–Crippen LogP) is 3.52. The van der Waals surface area contributed by atoms with Gasteiger partial charge in [-0.2, -0.15) is 0 Å². The standard InChI is InChI=1S/C17H33NO2/c1-7-19-17(10-8-9-11-17)14(18-6)13-12-15(2,3)20-16(13,4)5/h13-14,18H,7-12H2,1-6H3. The summed E-state index contributed by atoms with van der Waals surface area (Å²) in [7, 11) is 2.09. The van der Waals surface area contributed by atoms with E-state index in [-0.39, 0.29) is 16.8 Å². The normalized spacial score (nSPS) is 32.4. The van der Waals surface area contributed by atoms with E-state index in [1.165, 1.54) is 25.7 Å². The van der Waals surface area contributed by atoms with Crippen molar-refractivity contribution in [3.8, 4) is 0 Å². The van der Waals surface area contributed by atoms with E-state index >= 15 is 0 Å². The molecule has 118 valence electrons. The number of likely N-dealkylation sites (N-methyl/N-ethyl adjacent to an activating group) is 1. The third-order valence-corrected chi connectivity index (χ3v) is 5.31. The first-order valence-corrected chi connectivity index (χ1v) is 8.28. The minimum atomic E-state index is -0.0934. The molecule has 3 nitrogen and oxygen atoms in total. The Hall–Kier alpha value is -0.120. The smallest absolute Gasteiger partial charge is 0.0838 e. The van der Waals surface area contributed by atoms with E-state index in [1.807, 2.05) is 0 Å². The van der Waals surface area contributed by atoms with Crippen LogP contribution in [0.5, 0.6) is 0 Å². The number of ether oxygens (including phenoxy) is 2. The van der Waals surface area contributed by atoms with Gasteiger partial charge in [0.05, 0.1) is 16.8 Å². The molecule has 0 bridgehead atoms. The molecule has 0 aromatic rings. The van der Waals surface area contributed by atoms with Crippen molar-refractivity contribution in [1.82, 2.24) is 5.32 Å². The molecule has 2 unspecified atom stereocenters. The molecule has 1 aliphatic carbocycles. The number of hydrogen-bond acceptors (Lipinski definition) is 3. The molecule has 1 aliphatic heterocycles. The summed E-state index contributed by atoms with van der Waals surface area (Å²) in [5.41, 5.74) is -0.117. The maximum Gasteiger partial charge on any atom is 0.0838 e. The molecule has 1 heterocycles. The summed E-state index contributed by atoms with van der Waals surface area (Å²) < 4.78 is 12.6. The Morgan fingerprint density at radius 3 is 2.20 bits per heavy atom. The van der Waals surface area contributed by atoms with E-state index in [9.17, 15) is 0 Å². The zero-order valence-electron chi connectivity index (χ0n) is 14.2. The lowest BCUT2D eigenvalue weighted by atomic mass is 9.73. The van der Waals surface area contributed by atoms with Gasteiger partial charge in [0, 0.05) is 18.6 Å². The molecule has 1 saturated carbocycles. The Balaban J connectivity index is 2.27. The second-order valence-corrected chi connectivity index (χ2v) is 7.75. The van der Waals surface area contributed by atoms with E-state index < -0.39 is 0 Å². The van der Waals surface area contributed by atoms with Gasteiger partial charge in [-0.15, -0.1) is 0 Å². The van der Waals surface area contributed by atoms with E-state index in [1.54, 1.807) is 0 Å². The van der Waals surface area contributed by atoms with Crippen LogP contribution >= 0.6 is 0 Å². The summed E-state index contributed by atoms with van der Waals surface area (Å²) in [6.45, 7) is 11.8. The SMILES string of the molecule is CCOC1(C(NC)C2CC(C)(C)OC2(C)C)CCCC1. The van der Waals surface area contributed by atoms with Crippen LogP contribution in [0.3, 0.4) is 0 Å². The number of rotatable bonds is 5. The third kappa shape index (κ3) is 2.90. The van der Waals surface area contributed by atoms with E-state index in [0.29, 0.717) is 12.0 Å². The number of hydrogen-bond donors (Lipinski definition) is 1. The van der Waals surface area contributed by atoms with Crippen LogP contribution in [0.15, 0.2) is 0 Å². The van der Waals surface area contributed by atoms with Crippen molar-refractivity contribution in [3.05, 3.63) is 0 Å². The van der Waals surface area contributed by atoms with Gasteiger partial charge < -0.3 is 14.8 Å². The van der Waals surface area contributed by atoms with Crippen molar-refractivity contribution >= 4 is 0 Å². The lowest BCUT2D eigenvalue weighted by molar-refractivity contribution is -0.109. The minimum absolute atomic E-state index is 0.00914. The summed E-state index contributed by atoms with van der Waals surface area (Å²) in [5.74, 6) is 0.493. The summed E-state index contributed by atoms with van der Waals surface area (Å²) in [6.07, 6.45) is 6.03. The predicted molar refractivity (Wildman–Crippen MR) is 83.0 cm³/mol. The zero-order valence-corrected chi connectivity index (χ0v) is 14.2. The maximum absolute atomic E-state index is 6.32. The molecule has 2 fully saturated rings. The van der Waals surface area contributed by atoms with Crippen molar-refractivity contribution in [2.45, 2.75) is 89.6 Å². The van der Waals surface area contributed by atoms with Gasteiger partial charge in [-0.1, -0.05) is 12.8 Å². The largest absolute Gasteiger partial charge is 0.374 e.